The van der Waals surface area contributed by atoms with Crippen LogP contribution >= 0.6 is 22.7 Å². The zero-order valence-electron chi connectivity index (χ0n) is 15.0. The van der Waals surface area contributed by atoms with Gasteiger partial charge in [-0.05, 0) is 37.1 Å². The lowest BCUT2D eigenvalue weighted by molar-refractivity contribution is -0.115. The molecule has 1 aromatic carbocycles. The van der Waals surface area contributed by atoms with Crippen LogP contribution in [0.25, 0.3) is 10.6 Å². The number of carbonyl (C=O) groups excluding carboxylic acids is 1. The molecule has 2 aromatic heterocycles. The number of nitrogens with zero attached hydrogens (tertiary/aromatic N) is 3. The van der Waals surface area contributed by atoms with Crippen molar-refractivity contribution in [3.05, 3.63) is 40.3 Å². The maximum Gasteiger partial charge on any atom is 0.232 e. The first-order valence-corrected chi connectivity index (χ1v) is 10.6. The molecule has 1 N–H and O–H groups in total. The van der Waals surface area contributed by atoms with Crippen LogP contribution in [0.5, 0.6) is 5.75 Å². The molecule has 1 fully saturated rings. The Balaban J connectivity index is 1.36. The van der Waals surface area contributed by atoms with Crippen LogP contribution in [0.3, 0.4) is 0 Å². The number of methoxy groups -OCH3 is 1. The minimum atomic E-state index is -0.115. The van der Waals surface area contributed by atoms with Crippen LogP contribution in [0, 0.1) is 0 Å². The van der Waals surface area contributed by atoms with Gasteiger partial charge in [0.05, 0.1) is 19.2 Å². The summed E-state index contributed by atoms with van der Waals surface area (Å²) in [4.78, 5) is 16.9. The molecule has 1 aliphatic carbocycles. The molecule has 0 atom stereocenters. The number of thiazole rings is 1. The number of aromatic nitrogens is 3. The quantitative estimate of drug-likeness (QED) is 0.659. The van der Waals surface area contributed by atoms with Crippen LogP contribution in [-0.4, -0.2) is 28.2 Å². The van der Waals surface area contributed by atoms with Gasteiger partial charge < -0.3 is 10.1 Å². The minimum absolute atomic E-state index is 0.115. The molecule has 27 heavy (non-hydrogen) atoms. The fourth-order valence-corrected chi connectivity index (χ4v) is 4.96. The largest absolute Gasteiger partial charge is 0.497 e. The van der Waals surface area contributed by atoms with E-state index >= 15 is 0 Å². The minimum Gasteiger partial charge on any atom is -0.497 e. The second-order valence-electron chi connectivity index (χ2n) is 6.52. The number of amides is 1. The average molecular weight is 401 g/mol. The molecule has 0 spiro atoms. The molecule has 0 saturated heterocycles. The monoisotopic (exact) mass is 400 g/mol. The molecule has 0 aliphatic heterocycles. The molecule has 0 unspecified atom stereocenters. The van der Waals surface area contributed by atoms with E-state index in [0.29, 0.717) is 11.0 Å². The van der Waals surface area contributed by atoms with E-state index < -0.39 is 0 Å². The molecular weight excluding hydrogens is 380 g/mol. The highest BCUT2D eigenvalue weighted by Crippen LogP contribution is 2.36. The van der Waals surface area contributed by atoms with Crippen molar-refractivity contribution in [1.82, 2.24) is 15.2 Å². The van der Waals surface area contributed by atoms with Crippen molar-refractivity contribution in [1.29, 1.82) is 0 Å². The molecule has 2 heterocycles. The zero-order valence-corrected chi connectivity index (χ0v) is 16.6. The SMILES string of the molecule is COc1ccc(-c2nc(CC(=O)Nc3nnc(C4CCCC4)s3)cs2)cc1. The molecular formula is C19H20N4O2S2. The third-order valence-corrected chi connectivity index (χ3v) is 6.56. The number of anilines is 1. The fourth-order valence-electron chi connectivity index (χ4n) is 3.21. The van der Waals surface area contributed by atoms with Crippen molar-refractivity contribution in [3.63, 3.8) is 0 Å². The van der Waals surface area contributed by atoms with E-state index in [1.807, 2.05) is 29.6 Å². The van der Waals surface area contributed by atoms with E-state index in [9.17, 15) is 4.79 Å². The number of rotatable bonds is 6. The van der Waals surface area contributed by atoms with E-state index in [4.69, 9.17) is 4.74 Å². The van der Waals surface area contributed by atoms with Crippen molar-refractivity contribution < 1.29 is 9.53 Å². The number of carbonyl (C=O) groups is 1. The standard InChI is InChI=1S/C19H20N4O2S2/c1-25-15-8-6-13(7-9-15)17-20-14(11-26-17)10-16(24)21-19-23-22-18(27-19)12-4-2-3-5-12/h6-9,11-12H,2-5,10H2,1H3,(H,21,23,24). The van der Waals surface area contributed by atoms with Crippen LogP contribution in [0.1, 0.15) is 42.3 Å². The Morgan fingerprint density at radius 1 is 1.22 bits per heavy atom. The van der Waals surface area contributed by atoms with Crippen LogP contribution in [0.2, 0.25) is 0 Å². The Hall–Kier alpha value is -2.32. The van der Waals surface area contributed by atoms with Gasteiger partial charge in [-0.25, -0.2) is 4.98 Å². The van der Waals surface area contributed by atoms with Gasteiger partial charge in [0.15, 0.2) is 0 Å². The fraction of sp³-hybridized carbons (Fsp3) is 0.368. The predicted octanol–water partition coefficient (Wildman–Crippen LogP) is 4.51. The third-order valence-electron chi connectivity index (χ3n) is 4.62. The summed E-state index contributed by atoms with van der Waals surface area (Å²) < 4.78 is 5.17. The Morgan fingerprint density at radius 2 is 2.00 bits per heavy atom. The first-order valence-electron chi connectivity index (χ1n) is 8.93. The maximum atomic E-state index is 12.3. The second kappa shape index (κ2) is 8.14. The molecule has 8 heteroatoms. The van der Waals surface area contributed by atoms with Gasteiger partial charge in [0.2, 0.25) is 11.0 Å². The summed E-state index contributed by atoms with van der Waals surface area (Å²) in [6.45, 7) is 0. The first kappa shape index (κ1) is 18.1. The highest BCUT2D eigenvalue weighted by Gasteiger charge is 2.21. The van der Waals surface area contributed by atoms with E-state index in [0.717, 1.165) is 27.0 Å². The van der Waals surface area contributed by atoms with Gasteiger partial charge in [-0.3, -0.25) is 4.79 Å². The Kier molecular flexibility index (Phi) is 5.45. The summed E-state index contributed by atoms with van der Waals surface area (Å²) in [5.41, 5.74) is 1.77. The molecule has 4 rings (SSSR count). The maximum absolute atomic E-state index is 12.3. The van der Waals surface area contributed by atoms with Crippen LogP contribution < -0.4 is 10.1 Å². The van der Waals surface area contributed by atoms with Crippen LogP contribution in [-0.2, 0) is 11.2 Å². The lowest BCUT2D eigenvalue weighted by Gasteiger charge is -2.01. The summed E-state index contributed by atoms with van der Waals surface area (Å²) in [5.74, 6) is 1.21. The molecule has 140 valence electrons. The molecule has 3 aromatic rings. The number of nitrogens with one attached hydrogen (secondary N) is 1. The zero-order chi connectivity index (χ0) is 18.6. The van der Waals surface area contributed by atoms with Crippen molar-refractivity contribution in [3.8, 4) is 16.3 Å². The van der Waals surface area contributed by atoms with E-state index in [-0.39, 0.29) is 12.3 Å². The lowest BCUT2D eigenvalue weighted by Crippen LogP contribution is -2.14. The summed E-state index contributed by atoms with van der Waals surface area (Å²) in [7, 11) is 1.64. The Morgan fingerprint density at radius 3 is 2.74 bits per heavy atom. The van der Waals surface area contributed by atoms with Gasteiger partial charge in [0.25, 0.3) is 0 Å². The summed E-state index contributed by atoms with van der Waals surface area (Å²) >= 11 is 3.02. The average Bonchev–Trinajstić information content (AvgIpc) is 3.43. The molecule has 1 aliphatic rings. The number of ether oxygens (including phenoxy) is 1. The Bertz CT molecular complexity index is 914. The highest BCUT2D eigenvalue weighted by atomic mass is 32.1. The Labute approximate surface area is 165 Å². The van der Waals surface area contributed by atoms with Gasteiger partial charge in [-0.1, -0.05) is 24.2 Å². The topological polar surface area (TPSA) is 77.0 Å². The summed E-state index contributed by atoms with van der Waals surface area (Å²) in [6.07, 6.45) is 5.09. The lowest BCUT2D eigenvalue weighted by atomic mass is 10.1. The molecule has 0 radical (unpaired) electrons. The van der Waals surface area contributed by atoms with Crippen molar-refractivity contribution in [2.24, 2.45) is 0 Å². The number of benzene rings is 1. The van der Waals surface area contributed by atoms with Gasteiger partial charge in [0, 0.05) is 16.9 Å². The van der Waals surface area contributed by atoms with Crippen LogP contribution in [0.4, 0.5) is 5.13 Å². The molecule has 1 saturated carbocycles. The first-order chi connectivity index (χ1) is 13.2. The third kappa shape index (κ3) is 4.33. The molecule has 0 bridgehead atoms. The van der Waals surface area contributed by atoms with E-state index in [2.05, 4.69) is 20.5 Å². The molecule has 1 amide bonds. The summed E-state index contributed by atoms with van der Waals surface area (Å²) in [5, 5.41) is 15.6. The van der Waals surface area contributed by atoms with Gasteiger partial charge in [0.1, 0.15) is 15.8 Å². The van der Waals surface area contributed by atoms with Crippen molar-refractivity contribution in [2.75, 3.05) is 12.4 Å². The normalized spacial score (nSPS) is 14.4. The van der Waals surface area contributed by atoms with Gasteiger partial charge in [-0.15, -0.1) is 21.5 Å². The van der Waals surface area contributed by atoms with E-state index in [1.54, 1.807) is 7.11 Å². The van der Waals surface area contributed by atoms with E-state index in [1.165, 1.54) is 48.4 Å². The van der Waals surface area contributed by atoms with Crippen molar-refractivity contribution >= 4 is 33.7 Å². The highest BCUT2D eigenvalue weighted by molar-refractivity contribution is 7.15. The molecule has 6 nitrogen and oxygen atoms in total. The number of hydrogen-bond acceptors (Lipinski definition) is 7. The smallest absolute Gasteiger partial charge is 0.232 e. The van der Waals surface area contributed by atoms with Crippen molar-refractivity contribution in [2.45, 2.75) is 38.0 Å². The number of hydrogen-bond donors (Lipinski definition) is 1. The van der Waals surface area contributed by atoms with Gasteiger partial charge >= 0.3 is 0 Å². The van der Waals surface area contributed by atoms with Gasteiger partial charge in [-0.2, -0.15) is 0 Å². The predicted molar refractivity (Wildman–Crippen MR) is 108 cm³/mol. The summed E-state index contributed by atoms with van der Waals surface area (Å²) in [6, 6.07) is 7.74. The van der Waals surface area contributed by atoms with Crippen LogP contribution in [0.15, 0.2) is 29.6 Å². The second-order valence-corrected chi connectivity index (χ2v) is 8.39.